The number of methoxy groups -OCH3 is 1. The number of carbonyl (C=O) groups excluding carboxylic acids is 1. The number of aromatic nitrogens is 2. The monoisotopic (exact) mass is 633 g/mol. The first kappa shape index (κ1) is 32.7. The van der Waals surface area contributed by atoms with Crippen LogP contribution in [0.25, 0.3) is 0 Å². The topological polar surface area (TPSA) is 161 Å². The van der Waals surface area contributed by atoms with Crippen LogP contribution in [-0.2, 0) is 15.4 Å². The number of sulfonamides is 1. The van der Waals surface area contributed by atoms with Crippen molar-refractivity contribution in [2.45, 2.75) is 43.9 Å². The number of hydrazone groups is 1. The molecule has 0 atom stereocenters. The molecule has 0 aliphatic rings. The summed E-state index contributed by atoms with van der Waals surface area (Å²) in [5.74, 6) is 0.405. The van der Waals surface area contributed by atoms with E-state index >= 15 is 0 Å². The highest BCUT2D eigenvalue weighted by Crippen LogP contribution is 2.37. The van der Waals surface area contributed by atoms with Crippen LogP contribution in [0.5, 0.6) is 28.9 Å². The molecule has 0 aliphatic carbocycles. The molecule has 3 N–H and O–H groups in total. The van der Waals surface area contributed by atoms with E-state index in [-0.39, 0.29) is 40.1 Å². The molecule has 1 heterocycles. The number of benzene rings is 3. The molecule has 13 heteroatoms. The van der Waals surface area contributed by atoms with E-state index in [1.54, 1.807) is 48.5 Å². The molecule has 4 rings (SSSR count). The Kier molecular flexibility index (Phi) is 10.6. The number of phenols is 1. The average Bonchev–Trinajstić information content (AvgIpc) is 3.01. The lowest BCUT2D eigenvalue weighted by Gasteiger charge is -2.19. The standard InChI is InChI=1S/C32H35N5O7S/c1-32(2,3)23-12-16-27(17-13-23)45(40,41)37-29-28(44-26-9-7-8-25(20-26)42-4)31(34-21-33-29)43-19-6-5-18-35-36-30(39)22-10-14-24(38)15-11-22/h7-18,20-21,38H,5-6,19H2,1-4H3,(H,36,39)(H,33,34,37)/b35-18+. The quantitative estimate of drug-likeness (QED) is 0.0959. The number of unbranched alkanes of at least 4 members (excludes halogenated alkanes) is 1. The molecule has 0 aliphatic heterocycles. The fourth-order valence-electron chi connectivity index (χ4n) is 3.92. The summed E-state index contributed by atoms with van der Waals surface area (Å²) in [5.41, 5.74) is 3.63. The van der Waals surface area contributed by atoms with Crippen molar-refractivity contribution in [2.24, 2.45) is 5.10 Å². The van der Waals surface area contributed by atoms with Crippen molar-refractivity contribution < 1.29 is 32.5 Å². The minimum absolute atomic E-state index is 0.0196. The van der Waals surface area contributed by atoms with Gasteiger partial charge in [-0.3, -0.25) is 9.52 Å². The predicted octanol–water partition coefficient (Wildman–Crippen LogP) is 5.66. The maximum absolute atomic E-state index is 13.3. The second kappa shape index (κ2) is 14.5. The van der Waals surface area contributed by atoms with Crippen LogP contribution in [0.2, 0.25) is 0 Å². The molecule has 45 heavy (non-hydrogen) atoms. The lowest BCUT2D eigenvalue weighted by molar-refractivity contribution is 0.0955. The van der Waals surface area contributed by atoms with Crippen LogP contribution in [-0.4, -0.2) is 49.3 Å². The third-order valence-corrected chi connectivity index (χ3v) is 7.75. The third kappa shape index (κ3) is 9.16. The Morgan fingerprint density at radius 1 is 1.00 bits per heavy atom. The smallest absolute Gasteiger partial charge is 0.271 e. The van der Waals surface area contributed by atoms with Crippen LogP contribution in [0, 0.1) is 0 Å². The molecular weight excluding hydrogens is 598 g/mol. The van der Waals surface area contributed by atoms with Gasteiger partial charge in [-0.1, -0.05) is 39.0 Å². The predicted molar refractivity (Wildman–Crippen MR) is 170 cm³/mol. The van der Waals surface area contributed by atoms with Gasteiger partial charge in [0.2, 0.25) is 5.75 Å². The van der Waals surface area contributed by atoms with Crippen LogP contribution in [0.1, 0.15) is 49.5 Å². The van der Waals surface area contributed by atoms with E-state index in [0.717, 1.165) is 5.56 Å². The number of anilines is 1. The van der Waals surface area contributed by atoms with Gasteiger partial charge in [0, 0.05) is 17.8 Å². The van der Waals surface area contributed by atoms with Gasteiger partial charge < -0.3 is 19.3 Å². The molecule has 0 saturated carbocycles. The number of amides is 1. The second-order valence-electron chi connectivity index (χ2n) is 10.8. The molecule has 0 saturated heterocycles. The Morgan fingerprint density at radius 2 is 1.71 bits per heavy atom. The van der Waals surface area contributed by atoms with Crippen molar-refractivity contribution in [3.8, 4) is 28.9 Å². The fourth-order valence-corrected chi connectivity index (χ4v) is 4.93. The summed E-state index contributed by atoms with van der Waals surface area (Å²) >= 11 is 0. The van der Waals surface area contributed by atoms with Gasteiger partial charge in [0.1, 0.15) is 23.6 Å². The highest BCUT2D eigenvalue weighted by Gasteiger charge is 2.23. The normalized spacial score (nSPS) is 11.6. The first-order chi connectivity index (χ1) is 21.5. The van der Waals surface area contributed by atoms with Gasteiger partial charge in [-0.25, -0.2) is 18.8 Å². The van der Waals surface area contributed by atoms with Crippen molar-refractivity contribution in [3.05, 3.63) is 90.3 Å². The van der Waals surface area contributed by atoms with E-state index in [4.69, 9.17) is 14.2 Å². The highest BCUT2D eigenvalue weighted by molar-refractivity contribution is 7.92. The summed E-state index contributed by atoms with van der Waals surface area (Å²) in [6.07, 6.45) is 3.65. The third-order valence-electron chi connectivity index (χ3n) is 6.40. The van der Waals surface area contributed by atoms with Crippen LogP contribution in [0.15, 0.2) is 89.1 Å². The molecule has 1 aromatic heterocycles. The summed E-state index contributed by atoms with van der Waals surface area (Å²) in [6.45, 7) is 6.31. The molecule has 12 nitrogen and oxygen atoms in total. The summed E-state index contributed by atoms with van der Waals surface area (Å²) in [4.78, 5) is 20.5. The van der Waals surface area contributed by atoms with Crippen molar-refractivity contribution in [2.75, 3.05) is 18.4 Å². The minimum Gasteiger partial charge on any atom is -0.508 e. The van der Waals surface area contributed by atoms with Crippen LogP contribution in [0.4, 0.5) is 5.82 Å². The average molecular weight is 634 g/mol. The van der Waals surface area contributed by atoms with Crippen molar-refractivity contribution >= 4 is 28.0 Å². The Bertz CT molecular complexity index is 1740. The number of hydrogen-bond acceptors (Lipinski definition) is 10. The molecular formula is C32H35N5O7S. The maximum Gasteiger partial charge on any atom is 0.271 e. The lowest BCUT2D eigenvalue weighted by atomic mass is 9.87. The maximum atomic E-state index is 13.3. The van der Waals surface area contributed by atoms with Gasteiger partial charge in [0.15, 0.2) is 5.82 Å². The number of nitrogens with one attached hydrogen (secondary N) is 2. The van der Waals surface area contributed by atoms with Gasteiger partial charge in [-0.2, -0.15) is 10.1 Å². The molecule has 0 unspecified atom stereocenters. The van der Waals surface area contributed by atoms with E-state index in [9.17, 15) is 18.3 Å². The van der Waals surface area contributed by atoms with Crippen molar-refractivity contribution in [1.29, 1.82) is 0 Å². The molecule has 0 fully saturated rings. The number of carbonyl (C=O) groups is 1. The van der Waals surface area contributed by atoms with Gasteiger partial charge >= 0.3 is 0 Å². The number of aromatic hydroxyl groups is 1. The van der Waals surface area contributed by atoms with E-state index < -0.39 is 15.9 Å². The summed E-state index contributed by atoms with van der Waals surface area (Å²) < 4.78 is 46.4. The molecule has 0 radical (unpaired) electrons. The van der Waals surface area contributed by atoms with E-state index in [2.05, 4.69) is 25.2 Å². The van der Waals surface area contributed by atoms with Gasteiger partial charge in [-0.05, 0) is 72.4 Å². The molecule has 236 valence electrons. The largest absolute Gasteiger partial charge is 0.508 e. The number of ether oxygens (including phenoxy) is 3. The van der Waals surface area contributed by atoms with E-state index in [1.165, 1.54) is 43.9 Å². The number of rotatable bonds is 13. The Balaban J connectivity index is 1.47. The van der Waals surface area contributed by atoms with Gasteiger partial charge in [0.25, 0.3) is 21.8 Å². The fraction of sp³-hybridized carbons (Fsp3) is 0.250. The highest BCUT2D eigenvalue weighted by atomic mass is 32.2. The summed E-state index contributed by atoms with van der Waals surface area (Å²) in [7, 11) is -2.53. The van der Waals surface area contributed by atoms with Crippen LogP contribution < -0.4 is 24.4 Å². The number of nitrogens with zero attached hydrogens (tertiary/aromatic N) is 3. The number of phenolic OH excluding ortho intramolecular Hbond substituents is 1. The first-order valence-electron chi connectivity index (χ1n) is 14.0. The Morgan fingerprint density at radius 3 is 2.40 bits per heavy atom. The zero-order valence-electron chi connectivity index (χ0n) is 25.4. The van der Waals surface area contributed by atoms with E-state index in [1.807, 2.05) is 20.8 Å². The van der Waals surface area contributed by atoms with Gasteiger partial charge in [-0.15, -0.1) is 0 Å². The van der Waals surface area contributed by atoms with Crippen LogP contribution >= 0.6 is 0 Å². The second-order valence-corrected chi connectivity index (χ2v) is 12.5. The molecule has 0 bridgehead atoms. The van der Waals surface area contributed by atoms with Crippen molar-refractivity contribution in [3.63, 3.8) is 0 Å². The Labute approximate surface area is 262 Å². The van der Waals surface area contributed by atoms with Gasteiger partial charge in [0.05, 0.1) is 18.6 Å². The SMILES string of the molecule is COc1cccc(Oc2c(NS(=O)(=O)c3ccc(C(C)(C)C)cc3)ncnc2OCCC/C=N/NC(=O)c2ccc(O)cc2)c1. The van der Waals surface area contributed by atoms with Crippen LogP contribution in [0.3, 0.4) is 0 Å². The lowest BCUT2D eigenvalue weighted by Crippen LogP contribution is -2.17. The summed E-state index contributed by atoms with van der Waals surface area (Å²) in [5, 5.41) is 13.3. The molecule has 4 aromatic rings. The molecule has 0 spiro atoms. The van der Waals surface area contributed by atoms with E-state index in [0.29, 0.717) is 29.9 Å². The zero-order valence-corrected chi connectivity index (χ0v) is 26.2. The van der Waals surface area contributed by atoms with Crippen molar-refractivity contribution in [1.82, 2.24) is 15.4 Å². The molecule has 1 amide bonds. The Hall–Kier alpha value is -5.17. The molecule has 3 aromatic carbocycles. The first-order valence-corrected chi connectivity index (χ1v) is 15.5. The zero-order chi connectivity index (χ0) is 32.5. The summed E-state index contributed by atoms with van der Waals surface area (Å²) in [6, 6.07) is 19.2. The minimum atomic E-state index is -4.05. The number of hydrogen-bond donors (Lipinski definition) is 3.